The van der Waals surface area contributed by atoms with Gasteiger partial charge in [-0.1, -0.05) is 45.7 Å². The third kappa shape index (κ3) is 5.39. The average molecular weight is 285 g/mol. The fourth-order valence-electron chi connectivity index (χ4n) is 2.56. The highest BCUT2D eigenvalue weighted by molar-refractivity contribution is 6.06. The molecule has 5 nitrogen and oxygen atoms in total. The highest BCUT2D eigenvalue weighted by atomic mass is 16.4. The van der Waals surface area contributed by atoms with E-state index < -0.39 is 5.41 Å². The van der Waals surface area contributed by atoms with Crippen LogP contribution in [0.25, 0.3) is 0 Å². The van der Waals surface area contributed by atoms with Crippen LogP contribution in [-0.2, 0) is 4.79 Å². The van der Waals surface area contributed by atoms with Gasteiger partial charge in [0.15, 0.2) is 5.84 Å². The fourth-order valence-corrected chi connectivity index (χ4v) is 2.56. The van der Waals surface area contributed by atoms with E-state index in [0.29, 0.717) is 25.3 Å². The molecule has 0 aliphatic rings. The molecule has 1 amide bonds. The van der Waals surface area contributed by atoms with E-state index in [0.717, 1.165) is 25.7 Å². The van der Waals surface area contributed by atoms with E-state index in [2.05, 4.69) is 24.3 Å². The van der Waals surface area contributed by atoms with Gasteiger partial charge in [-0.25, -0.2) is 0 Å². The van der Waals surface area contributed by atoms with Gasteiger partial charge < -0.3 is 16.3 Å². The number of rotatable bonds is 10. The summed E-state index contributed by atoms with van der Waals surface area (Å²) in [6.45, 7) is 8.97. The Morgan fingerprint density at radius 2 is 1.85 bits per heavy atom. The van der Waals surface area contributed by atoms with Crippen LogP contribution in [0.2, 0.25) is 0 Å². The van der Waals surface area contributed by atoms with Crippen molar-refractivity contribution in [3.63, 3.8) is 0 Å². The summed E-state index contributed by atoms with van der Waals surface area (Å²) in [6.07, 6.45) is 4.87. The van der Waals surface area contributed by atoms with Crippen molar-refractivity contribution in [2.24, 2.45) is 22.2 Å². The predicted octanol–water partition coefficient (Wildman–Crippen LogP) is 2.87. The zero-order chi connectivity index (χ0) is 15.6. The molecule has 0 fully saturated rings. The Labute approximate surface area is 123 Å². The smallest absolute Gasteiger partial charge is 0.233 e. The van der Waals surface area contributed by atoms with Crippen LogP contribution >= 0.6 is 0 Å². The third-order valence-electron chi connectivity index (χ3n) is 3.63. The minimum absolute atomic E-state index is 0.0301. The molecule has 0 saturated heterocycles. The number of amides is 1. The summed E-state index contributed by atoms with van der Waals surface area (Å²) in [5, 5.41) is 15.1. The topological polar surface area (TPSA) is 87.7 Å². The molecular formula is C15H31N3O2. The molecule has 0 rings (SSSR count). The molecular weight excluding hydrogens is 254 g/mol. The lowest BCUT2D eigenvalue weighted by molar-refractivity contribution is -0.128. The van der Waals surface area contributed by atoms with Gasteiger partial charge in [-0.05, 0) is 31.6 Å². The molecule has 0 radical (unpaired) electrons. The average Bonchev–Trinajstić information content (AvgIpc) is 2.41. The number of oxime groups is 1. The van der Waals surface area contributed by atoms with Gasteiger partial charge in [-0.15, -0.1) is 0 Å². The Balaban J connectivity index is 4.78. The quantitative estimate of drug-likeness (QED) is 0.190. The second kappa shape index (κ2) is 9.61. The second-order valence-corrected chi connectivity index (χ2v) is 5.86. The number of carbonyl (C=O) groups is 1. The SMILES string of the molecule is CCCC(CCC)(C(=O)NCCCC(C)C)C(N)=NO. The van der Waals surface area contributed by atoms with Gasteiger partial charge in [0.25, 0.3) is 0 Å². The molecule has 4 N–H and O–H groups in total. The number of amidine groups is 1. The van der Waals surface area contributed by atoms with E-state index in [1.807, 2.05) is 13.8 Å². The summed E-state index contributed by atoms with van der Waals surface area (Å²) >= 11 is 0. The molecule has 0 unspecified atom stereocenters. The lowest BCUT2D eigenvalue weighted by Gasteiger charge is -2.30. The van der Waals surface area contributed by atoms with Crippen LogP contribution in [0.3, 0.4) is 0 Å². The number of nitrogens with two attached hydrogens (primary N) is 1. The second-order valence-electron chi connectivity index (χ2n) is 5.86. The first kappa shape index (κ1) is 18.7. The van der Waals surface area contributed by atoms with Crippen molar-refractivity contribution in [2.45, 2.75) is 66.2 Å². The molecule has 0 aliphatic heterocycles. The first-order valence-electron chi connectivity index (χ1n) is 7.70. The van der Waals surface area contributed by atoms with Crippen LogP contribution in [0.15, 0.2) is 5.16 Å². The molecule has 20 heavy (non-hydrogen) atoms. The highest BCUT2D eigenvalue weighted by Gasteiger charge is 2.41. The number of hydrogen-bond donors (Lipinski definition) is 3. The normalized spacial score (nSPS) is 12.8. The summed E-state index contributed by atoms with van der Waals surface area (Å²) in [6, 6.07) is 0. The zero-order valence-corrected chi connectivity index (χ0v) is 13.4. The van der Waals surface area contributed by atoms with E-state index >= 15 is 0 Å². The monoisotopic (exact) mass is 285 g/mol. The first-order valence-corrected chi connectivity index (χ1v) is 7.70. The first-order chi connectivity index (χ1) is 9.44. The summed E-state index contributed by atoms with van der Waals surface area (Å²) in [4.78, 5) is 12.5. The Bertz CT molecular complexity index is 308. The number of nitrogens with zero attached hydrogens (tertiary/aromatic N) is 1. The Morgan fingerprint density at radius 3 is 2.25 bits per heavy atom. The lowest BCUT2D eigenvalue weighted by atomic mass is 9.77. The molecule has 0 bridgehead atoms. The van der Waals surface area contributed by atoms with Crippen LogP contribution in [0.5, 0.6) is 0 Å². The third-order valence-corrected chi connectivity index (χ3v) is 3.63. The molecule has 0 aromatic rings. The zero-order valence-electron chi connectivity index (χ0n) is 13.4. The maximum absolute atomic E-state index is 12.5. The van der Waals surface area contributed by atoms with Gasteiger partial charge in [0.1, 0.15) is 5.41 Å². The van der Waals surface area contributed by atoms with Gasteiger partial charge in [-0.3, -0.25) is 4.79 Å². The van der Waals surface area contributed by atoms with E-state index in [4.69, 9.17) is 10.9 Å². The standard InChI is InChI=1S/C15H31N3O2/c1-5-9-15(10-6-2,13(16)18-20)14(19)17-11-7-8-12(3)4/h12,20H,5-11H2,1-4H3,(H2,16,18)(H,17,19). The van der Waals surface area contributed by atoms with Crippen molar-refractivity contribution >= 4 is 11.7 Å². The predicted molar refractivity (Wildman–Crippen MR) is 82.7 cm³/mol. The van der Waals surface area contributed by atoms with Crippen molar-refractivity contribution in [1.29, 1.82) is 0 Å². The molecule has 0 heterocycles. The number of hydrogen-bond acceptors (Lipinski definition) is 3. The minimum Gasteiger partial charge on any atom is -0.409 e. The van der Waals surface area contributed by atoms with Crippen LogP contribution < -0.4 is 11.1 Å². The molecule has 0 spiro atoms. The molecule has 0 atom stereocenters. The van der Waals surface area contributed by atoms with Crippen LogP contribution in [-0.4, -0.2) is 23.5 Å². The molecule has 118 valence electrons. The molecule has 0 aromatic heterocycles. The van der Waals surface area contributed by atoms with Gasteiger partial charge in [0.05, 0.1) is 0 Å². The summed E-state index contributed by atoms with van der Waals surface area (Å²) < 4.78 is 0. The molecule has 0 saturated carbocycles. The summed E-state index contributed by atoms with van der Waals surface area (Å²) in [5.74, 6) is 0.551. The highest BCUT2D eigenvalue weighted by Crippen LogP contribution is 2.30. The number of carbonyl (C=O) groups excluding carboxylic acids is 1. The van der Waals surface area contributed by atoms with Crippen molar-refractivity contribution in [2.75, 3.05) is 6.54 Å². The van der Waals surface area contributed by atoms with Crippen LogP contribution in [0.1, 0.15) is 66.2 Å². The molecule has 0 aliphatic carbocycles. The summed E-state index contributed by atoms with van der Waals surface area (Å²) in [7, 11) is 0. The Kier molecular flexibility index (Phi) is 9.01. The number of nitrogens with one attached hydrogen (secondary N) is 1. The Morgan fingerprint density at radius 1 is 1.30 bits per heavy atom. The maximum atomic E-state index is 12.5. The van der Waals surface area contributed by atoms with E-state index in [1.54, 1.807) is 0 Å². The van der Waals surface area contributed by atoms with E-state index in [1.165, 1.54) is 0 Å². The minimum atomic E-state index is -0.865. The van der Waals surface area contributed by atoms with Crippen molar-refractivity contribution in [3.8, 4) is 0 Å². The van der Waals surface area contributed by atoms with Crippen molar-refractivity contribution < 1.29 is 10.0 Å². The molecule has 5 heteroatoms. The van der Waals surface area contributed by atoms with Gasteiger partial charge in [0.2, 0.25) is 5.91 Å². The van der Waals surface area contributed by atoms with Crippen LogP contribution in [0, 0.1) is 11.3 Å². The van der Waals surface area contributed by atoms with Gasteiger partial charge >= 0.3 is 0 Å². The van der Waals surface area contributed by atoms with Crippen molar-refractivity contribution in [1.82, 2.24) is 5.32 Å². The van der Waals surface area contributed by atoms with E-state index in [-0.39, 0.29) is 11.7 Å². The molecule has 0 aromatic carbocycles. The maximum Gasteiger partial charge on any atom is 0.233 e. The van der Waals surface area contributed by atoms with E-state index in [9.17, 15) is 4.79 Å². The Hall–Kier alpha value is -1.26. The summed E-state index contributed by atoms with van der Waals surface area (Å²) in [5.41, 5.74) is 4.95. The lowest BCUT2D eigenvalue weighted by Crippen LogP contribution is -2.50. The van der Waals surface area contributed by atoms with Crippen LogP contribution in [0.4, 0.5) is 0 Å². The fraction of sp³-hybridized carbons (Fsp3) is 0.867. The van der Waals surface area contributed by atoms with Gasteiger partial charge in [-0.2, -0.15) is 0 Å². The largest absolute Gasteiger partial charge is 0.409 e. The van der Waals surface area contributed by atoms with Crippen molar-refractivity contribution in [3.05, 3.63) is 0 Å². The van der Waals surface area contributed by atoms with Gasteiger partial charge in [0, 0.05) is 6.54 Å².